The summed E-state index contributed by atoms with van der Waals surface area (Å²) >= 11 is 14.1. The number of benzene rings is 2. The molecule has 4 amide bonds. The normalized spacial score (nSPS) is 17.7. The molecule has 0 radical (unpaired) electrons. The number of amides is 4. The number of hydrogen-bond acceptors (Lipinski definition) is 11. The Kier molecular flexibility index (Phi) is 15.0. The molecule has 4 atom stereocenters. The highest BCUT2D eigenvalue weighted by Crippen LogP contribution is 2.37. The number of aromatic nitrogens is 4. The first-order valence-electron chi connectivity index (χ1n) is 21.8. The first-order chi connectivity index (χ1) is 31.4. The Labute approximate surface area is 396 Å². The van der Waals surface area contributed by atoms with Crippen LogP contribution in [0.15, 0.2) is 66.6 Å². The molecular formula is C47H54Cl2FN9O6S. The smallest absolute Gasteiger partial charge is 0.246 e. The van der Waals surface area contributed by atoms with E-state index in [2.05, 4.69) is 25.7 Å². The number of pyridine rings is 1. The number of nitrogen functional groups attached to an aromatic ring is 1. The molecule has 15 nitrogen and oxygen atoms in total. The fourth-order valence-electron chi connectivity index (χ4n) is 8.33. The van der Waals surface area contributed by atoms with Gasteiger partial charge in [-0.15, -0.1) is 11.3 Å². The molecule has 5 N–H and O–H groups in total. The number of nitrogens with zero attached hydrogens (tertiary/aromatic N) is 6. The van der Waals surface area contributed by atoms with E-state index in [4.69, 9.17) is 33.7 Å². The van der Waals surface area contributed by atoms with Crippen molar-refractivity contribution in [2.75, 3.05) is 25.4 Å². The van der Waals surface area contributed by atoms with Gasteiger partial charge in [0.15, 0.2) is 11.6 Å². The number of carbonyl (C=O) groups is 4. The van der Waals surface area contributed by atoms with Gasteiger partial charge in [-0.3, -0.25) is 23.9 Å². The van der Waals surface area contributed by atoms with Crippen LogP contribution >= 0.6 is 34.5 Å². The number of ether oxygens (including phenoxy) is 1. The zero-order valence-electron chi connectivity index (χ0n) is 37.4. The topological polar surface area (TPSA) is 198 Å². The maximum absolute atomic E-state index is 14.2. The Balaban J connectivity index is 0.889. The van der Waals surface area contributed by atoms with Gasteiger partial charge in [0, 0.05) is 79.5 Å². The van der Waals surface area contributed by atoms with Crippen molar-refractivity contribution in [2.45, 2.75) is 104 Å². The van der Waals surface area contributed by atoms with Gasteiger partial charge in [-0.1, -0.05) is 68.2 Å². The zero-order chi connectivity index (χ0) is 47.4. The largest absolute Gasteiger partial charge is 0.482 e. The van der Waals surface area contributed by atoms with Crippen molar-refractivity contribution in [3.05, 3.63) is 99.2 Å². The average molecular weight is 963 g/mol. The van der Waals surface area contributed by atoms with Crippen LogP contribution < -0.4 is 21.1 Å². The number of anilines is 1. The molecule has 2 aromatic carbocycles. The fraction of sp³-hybridized carbons (Fsp3) is 0.426. The standard InChI is InChI=1S/C47H54Cl2FN9O6S/c1-26-42(66-25-54-26)29-8-6-28(7-9-29)20-53-45(63)36-19-33(60)24-58(36)46(64)43(47(3,4)5)56-38(61)12-13-39(62)57-16-14-32(15-17-57)59-23-31(22-55-59)30-18-37(44(51)52-21-30)65-27(2)40-34(48)10-11-35(50)41(40)49/h6-11,18,21-23,25,27,32-33,36,43,60H,12-17,19-20,24H2,1-5H3,(H2,51,52)(H,53,63)(H,56,61)/t27-,33-,36+,43?/m1/s1. The van der Waals surface area contributed by atoms with E-state index < -0.39 is 53.2 Å². The van der Waals surface area contributed by atoms with E-state index in [0.29, 0.717) is 37.1 Å². The molecule has 7 rings (SSSR count). The molecule has 0 bridgehead atoms. The van der Waals surface area contributed by atoms with Gasteiger partial charge >= 0.3 is 0 Å². The number of β-amino-alcohol motifs (C(OH)–C–C–N with tert-alkyl or cyclic N) is 1. The van der Waals surface area contributed by atoms with E-state index >= 15 is 0 Å². The quantitative estimate of drug-likeness (QED) is 0.0820. The molecule has 0 aliphatic carbocycles. The van der Waals surface area contributed by atoms with Gasteiger partial charge in [0.1, 0.15) is 24.0 Å². The highest BCUT2D eigenvalue weighted by Gasteiger charge is 2.44. The van der Waals surface area contributed by atoms with Crippen molar-refractivity contribution in [1.82, 2.24) is 40.2 Å². The second-order valence-electron chi connectivity index (χ2n) is 17.9. The van der Waals surface area contributed by atoms with Crippen LogP contribution in [0.2, 0.25) is 10.0 Å². The Morgan fingerprint density at radius 2 is 1.74 bits per heavy atom. The SMILES string of the molecule is Cc1ncsc1-c1ccc(CNC(=O)[C@@H]2C[C@@H](O)CN2C(=O)C(NC(=O)CCC(=O)N2CCC(n3cc(-c4cnc(N)c(O[C@H](C)c5c(Cl)ccc(F)c5Cl)c4)cn3)CC2)C(C)(C)C)cc1. The molecule has 0 spiro atoms. The summed E-state index contributed by atoms with van der Waals surface area (Å²) in [5.74, 6) is -1.72. The summed E-state index contributed by atoms with van der Waals surface area (Å²) in [4.78, 5) is 67.1. The third kappa shape index (κ3) is 11.1. The number of piperidine rings is 1. The monoisotopic (exact) mass is 961 g/mol. The number of rotatable bonds is 14. The van der Waals surface area contributed by atoms with E-state index in [1.54, 1.807) is 47.1 Å². The third-order valence-corrected chi connectivity index (χ3v) is 13.8. The number of hydrogen-bond donors (Lipinski definition) is 4. The maximum atomic E-state index is 14.2. The molecule has 350 valence electrons. The summed E-state index contributed by atoms with van der Waals surface area (Å²) in [5.41, 5.74) is 11.8. The predicted octanol–water partition coefficient (Wildman–Crippen LogP) is 7.30. The Morgan fingerprint density at radius 1 is 1.02 bits per heavy atom. The highest BCUT2D eigenvalue weighted by molar-refractivity contribution is 7.13. The number of aryl methyl sites for hydroxylation is 1. The van der Waals surface area contributed by atoms with Crippen LogP contribution in [0.25, 0.3) is 21.6 Å². The van der Waals surface area contributed by atoms with Crippen LogP contribution in [0.3, 0.4) is 0 Å². The van der Waals surface area contributed by atoms with E-state index in [1.807, 2.05) is 62.8 Å². The zero-order valence-corrected chi connectivity index (χ0v) is 39.7. The molecule has 2 aliphatic heterocycles. The van der Waals surface area contributed by atoms with Crippen molar-refractivity contribution in [3.63, 3.8) is 0 Å². The summed E-state index contributed by atoms with van der Waals surface area (Å²) in [5, 5.41) is 21.1. The molecule has 1 unspecified atom stereocenters. The van der Waals surface area contributed by atoms with Crippen molar-refractivity contribution >= 4 is 64.0 Å². The first-order valence-corrected chi connectivity index (χ1v) is 23.4. The van der Waals surface area contributed by atoms with Crippen molar-refractivity contribution in [2.24, 2.45) is 5.41 Å². The number of halogens is 3. The number of aliphatic hydroxyl groups excluding tert-OH is 1. The van der Waals surface area contributed by atoms with Crippen LogP contribution in [0.5, 0.6) is 5.75 Å². The minimum absolute atomic E-state index is 0.0138. The maximum Gasteiger partial charge on any atom is 0.246 e. The summed E-state index contributed by atoms with van der Waals surface area (Å²) in [6.07, 6.45) is 4.74. The molecule has 66 heavy (non-hydrogen) atoms. The number of nitrogens with two attached hydrogens (primary N) is 1. The molecule has 2 fully saturated rings. The summed E-state index contributed by atoms with van der Waals surface area (Å²) in [6.45, 7) is 10.2. The number of likely N-dealkylation sites (tertiary alicyclic amines) is 2. The molecule has 5 heterocycles. The minimum Gasteiger partial charge on any atom is -0.482 e. The van der Waals surface area contributed by atoms with Gasteiger partial charge in [-0.05, 0) is 61.4 Å². The average Bonchev–Trinajstić information content (AvgIpc) is 4.06. The lowest BCUT2D eigenvalue weighted by molar-refractivity contribution is -0.144. The van der Waals surface area contributed by atoms with Gasteiger partial charge in [0.25, 0.3) is 0 Å². The highest BCUT2D eigenvalue weighted by atomic mass is 35.5. The fourth-order valence-corrected chi connectivity index (χ4v) is 9.82. The van der Waals surface area contributed by atoms with E-state index in [0.717, 1.165) is 27.3 Å². The number of nitrogens with one attached hydrogen (secondary N) is 2. The van der Waals surface area contributed by atoms with Crippen LogP contribution in [0.4, 0.5) is 10.2 Å². The Morgan fingerprint density at radius 3 is 2.42 bits per heavy atom. The van der Waals surface area contributed by atoms with E-state index in [1.165, 1.54) is 17.0 Å². The molecule has 3 aromatic heterocycles. The number of thiazole rings is 1. The van der Waals surface area contributed by atoms with Gasteiger partial charge in [-0.2, -0.15) is 5.10 Å². The van der Waals surface area contributed by atoms with E-state index in [9.17, 15) is 28.7 Å². The second kappa shape index (κ2) is 20.5. The van der Waals surface area contributed by atoms with Crippen molar-refractivity contribution in [3.8, 4) is 27.3 Å². The molecular weight excluding hydrogens is 909 g/mol. The second-order valence-corrected chi connectivity index (χ2v) is 19.5. The number of aliphatic hydroxyl groups is 1. The summed E-state index contributed by atoms with van der Waals surface area (Å²) in [7, 11) is 0. The number of carbonyl (C=O) groups excluding carboxylic acids is 4. The molecule has 0 saturated carbocycles. The van der Waals surface area contributed by atoms with Gasteiger partial charge < -0.3 is 36.0 Å². The van der Waals surface area contributed by atoms with Gasteiger partial charge in [-0.25, -0.2) is 14.4 Å². The van der Waals surface area contributed by atoms with Gasteiger partial charge in [0.2, 0.25) is 23.6 Å². The Hall–Kier alpha value is -5.62. The lowest BCUT2D eigenvalue weighted by atomic mass is 9.85. The van der Waals surface area contributed by atoms with E-state index in [-0.39, 0.29) is 65.9 Å². The van der Waals surface area contributed by atoms with Crippen molar-refractivity contribution in [1.29, 1.82) is 0 Å². The summed E-state index contributed by atoms with van der Waals surface area (Å²) < 4.78 is 22.1. The van der Waals surface area contributed by atoms with Gasteiger partial charge in [0.05, 0.1) is 39.4 Å². The van der Waals surface area contributed by atoms with Crippen LogP contribution in [-0.4, -0.2) is 96.1 Å². The third-order valence-electron chi connectivity index (χ3n) is 12.1. The summed E-state index contributed by atoms with van der Waals surface area (Å²) in [6, 6.07) is 10.2. The first kappa shape index (κ1) is 48.3. The molecule has 2 saturated heterocycles. The molecule has 19 heteroatoms. The van der Waals surface area contributed by atoms with Crippen molar-refractivity contribution < 1.29 is 33.4 Å². The minimum atomic E-state index is -1.01. The Bertz CT molecular complexity index is 2580. The lowest BCUT2D eigenvalue weighted by Gasteiger charge is -2.35. The molecule has 2 aliphatic rings. The van der Waals surface area contributed by atoms with Crippen LogP contribution in [0.1, 0.15) is 88.8 Å². The van der Waals surface area contributed by atoms with Crippen LogP contribution in [-0.2, 0) is 25.7 Å². The molecule has 5 aromatic rings. The lowest BCUT2D eigenvalue weighted by Crippen LogP contribution is -2.57. The van der Waals surface area contributed by atoms with Crippen LogP contribution in [0, 0.1) is 18.2 Å². The predicted molar refractivity (Wildman–Crippen MR) is 251 cm³/mol.